The molecule has 0 spiro atoms. The molecular weight excluding hydrogens is 350 g/mol. The fourth-order valence-electron chi connectivity index (χ4n) is 7.01. The van der Waals surface area contributed by atoms with Crippen LogP contribution in [0.1, 0.15) is 43.6 Å². The summed E-state index contributed by atoms with van der Waals surface area (Å²) in [5, 5.41) is 0. The van der Waals surface area contributed by atoms with Crippen LogP contribution in [0.2, 0.25) is 0 Å². The zero-order valence-corrected chi connectivity index (χ0v) is 16.8. The summed E-state index contributed by atoms with van der Waals surface area (Å²) in [7, 11) is 0. The lowest BCUT2D eigenvalue weighted by molar-refractivity contribution is -0.0769. The van der Waals surface area contributed by atoms with E-state index in [9.17, 15) is 0 Å². The number of rotatable bonds is 4. The van der Waals surface area contributed by atoms with Crippen LogP contribution in [-0.4, -0.2) is 47.0 Å². The molecule has 5 aliphatic rings. The molecule has 0 aromatic carbocycles. The standard InChI is InChI=1S/C23H31N3O2/c1-15-21(24-23(28-15)18-2-7-27-14-18)13-25-3-5-26(6-4-25)22-19-9-16-8-17(11-19)12-20(22)10-16/h2,7,14,16-17,19-20,22H,3-6,8-13H2,1H3. The Labute approximate surface area is 167 Å². The summed E-state index contributed by atoms with van der Waals surface area (Å²) in [5.74, 6) is 5.74. The molecule has 1 aliphatic heterocycles. The van der Waals surface area contributed by atoms with E-state index in [1.54, 1.807) is 18.9 Å². The highest BCUT2D eigenvalue weighted by atomic mass is 16.4. The molecule has 2 aromatic heterocycles. The van der Waals surface area contributed by atoms with E-state index in [2.05, 4.69) is 9.80 Å². The molecular formula is C23H31N3O2. The molecule has 1 saturated heterocycles. The van der Waals surface area contributed by atoms with Gasteiger partial charge in [0.1, 0.15) is 12.0 Å². The van der Waals surface area contributed by atoms with Gasteiger partial charge in [-0.2, -0.15) is 0 Å². The van der Waals surface area contributed by atoms with Crippen LogP contribution in [0.15, 0.2) is 27.4 Å². The second-order valence-corrected chi connectivity index (χ2v) is 9.77. The fourth-order valence-corrected chi connectivity index (χ4v) is 7.01. The SMILES string of the molecule is Cc1oc(-c2ccoc2)nc1CN1CCN(C2C3CC4CC(C3)CC2C4)CC1. The molecule has 5 heteroatoms. The van der Waals surface area contributed by atoms with Crippen LogP contribution < -0.4 is 0 Å². The second-order valence-electron chi connectivity index (χ2n) is 9.77. The predicted octanol–water partition coefficient (Wildman–Crippen LogP) is 4.19. The summed E-state index contributed by atoms with van der Waals surface area (Å²) in [4.78, 5) is 10.1. The van der Waals surface area contributed by atoms with Crippen LogP contribution in [-0.2, 0) is 6.54 Å². The van der Waals surface area contributed by atoms with Crippen molar-refractivity contribution in [2.75, 3.05) is 26.2 Å². The van der Waals surface area contributed by atoms with Gasteiger partial charge in [0.15, 0.2) is 0 Å². The molecule has 150 valence electrons. The Balaban J connectivity index is 1.09. The zero-order valence-electron chi connectivity index (χ0n) is 16.8. The van der Waals surface area contributed by atoms with E-state index in [0.29, 0.717) is 5.89 Å². The van der Waals surface area contributed by atoms with Gasteiger partial charge in [-0.1, -0.05) is 0 Å². The first-order chi connectivity index (χ1) is 13.7. The Kier molecular flexibility index (Phi) is 4.16. The van der Waals surface area contributed by atoms with E-state index < -0.39 is 0 Å². The minimum Gasteiger partial charge on any atom is -0.472 e. The van der Waals surface area contributed by atoms with Crippen LogP contribution in [0.3, 0.4) is 0 Å². The third-order valence-corrected chi connectivity index (χ3v) is 8.04. The van der Waals surface area contributed by atoms with Gasteiger partial charge < -0.3 is 8.83 Å². The van der Waals surface area contributed by atoms with Gasteiger partial charge in [0.25, 0.3) is 0 Å². The van der Waals surface area contributed by atoms with E-state index in [1.807, 2.05) is 13.0 Å². The van der Waals surface area contributed by atoms with E-state index in [1.165, 1.54) is 38.8 Å². The van der Waals surface area contributed by atoms with Crippen molar-refractivity contribution in [3.05, 3.63) is 30.0 Å². The molecule has 0 amide bonds. The maximum atomic E-state index is 5.87. The van der Waals surface area contributed by atoms with Crippen LogP contribution in [0.5, 0.6) is 0 Å². The van der Waals surface area contributed by atoms with Crippen molar-refractivity contribution in [1.82, 2.24) is 14.8 Å². The summed E-state index contributed by atoms with van der Waals surface area (Å²) >= 11 is 0. The maximum Gasteiger partial charge on any atom is 0.229 e. The number of hydrogen-bond donors (Lipinski definition) is 0. The maximum absolute atomic E-state index is 5.87. The minimum absolute atomic E-state index is 0.675. The molecule has 0 atom stereocenters. The highest BCUT2D eigenvalue weighted by Crippen LogP contribution is 2.55. The number of nitrogens with zero attached hydrogens (tertiary/aromatic N) is 3. The van der Waals surface area contributed by atoms with E-state index in [0.717, 1.165) is 66.4 Å². The Hall–Kier alpha value is -1.59. The van der Waals surface area contributed by atoms with Crippen molar-refractivity contribution in [3.8, 4) is 11.5 Å². The Morgan fingerprint density at radius 2 is 1.71 bits per heavy atom. The van der Waals surface area contributed by atoms with Crippen molar-refractivity contribution < 1.29 is 8.83 Å². The molecule has 28 heavy (non-hydrogen) atoms. The zero-order chi connectivity index (χ0) is 18.7. The molecule has 4 bridgehead atoms. The van der Waals surface area contributed by atoms with E-state index >= 15 is 0 Å². The second kappa shape index (κ2) is 6.74. The Bertz CT molecular complexity index is 791. The monoisotopic (exact) mass is 381 g/mol. The first-order valence-electron chi connectivity index (χ1n) is 11.2. The first-order valence-corrected chi connectivity index (χ1v) is 11.2. The van der Waals surface area contributed by atoms with Gasteiger partial charge >= 0.3 is 0 Å². The Morgan fingerprint density at radius 1 is 1.00 bits per heavy atom. The number of hydrogen-bond acceptors (Lipinski definition) is 5. The predicted molar refractivity (Wildman–Crippen MR) is 107 cm³/mol. The number of furan rings is 1. The van der Waals surface area contributed by atoms with Gasteiger partial charge in [-0.25, -0.2) is 4.98 Å². The van der Waals surface area contributed by atoms with Crippen LogP contribution in [0.4, 0.5) is 0 Å². The van der Waals surface area contributed by atoms with Gasteiger partial charge in [-0.05, 0) is 68.8 Å². The number of oxazole rings is 1. The van der Waals surface area contributed by atoms with Gasteiger partial charge in [0, 0.05) is 38.8 Å². The molecule has 3 heterocycles. The average Bonchev–Trinajstić information content (AvgIpc) is 3.33. The molecule has 4 aliphatic carbocycles. The molecule has 0 radical (unpaired) electrons. The quantitative estimate of drug-likeness (QED) is 0.795. The first kappa shape index (κ1) is 17.3. The largest absolute Gasteiger partial charge is 0.472 e. The molecule has 5 nitrogen and oxygen atoms in total. The van der Waals surface area contributed by atoms with Gasteiger partial charge in [0.05, 0.1) is 17.5 Å². The van der Waals surface area contributed by atoms with Gasteiger partial charge in [-0.15, -0.1) is 0 Å². The third-order valence-electron chi connectivity index (χ3n) is 8.04. The van der Waals surface area contributed by atoms with E-state index in [4.69, 9.17) is 13.8 Å². The average molecular weight is 382 g/mol. The van der Waals surface area contributed by atoms with Crippen LogP contribution in [0.25, 0.3) is 11.5 Å². The Morgan fingerprint density at radius 3 is 2.36 bits per heavy atom. The summed E-state index contributed by atoms with van der Waals surface area (Å²) in [6.45, 7) is 7.66. The summed E-state index contributed by atoms with van der Waals surface area (Å²) in [6.07, 6.45) is 11.0. The summed E-state index contributed by atoms with van der Waals surface area (Å²) in [5.41, 5.74) is 1.99. The molecule has 0 unspecified atom stereocenters. The number of piperazine rings is 1. The van der Waals surface area contributed by atoms with Crippen molar-refractivity contribution in [3.63, 3.8) is 0 Å². The minimum atomic E-state index is 0.675. The highest BCUT2D eigenvalue weighted by Gasteiger charge is 2.50. The highest BCUT2D eigenvalue weighted by molar-refractivity contribution is 5.51. The van der Waals surface area contributed by atoms with E-state index in [-0.39, 0.29) is 0 Å². The fraction of sp³-hybridized carbons (Fsp3) is 0.696. The van der Waals surface area contributed by atoms with Gasteiger partial charge in [0.2, 0.25) is 5.89 Å². The molecule has 0 N–H and O–H groups in total. The number of aromatic nitrogens is 1. The summed E-state index contributed by atoms with van der Waals surface area (Å²) in [6, 6.07) is 2.79. The lowest BCUT2D eigenvalue weighted by Gasteiger charge is -2.58. The van der Waals surface area contributed by atoms with Crippen LogP contribution in [0, 0.1) is 30.6 Å². The lowest BCUT2D eigenvalue weighted by atomic mass is 9.54. The van der Waals surface area contributed by atoms with Crippen molar-refractivity contribution in [2.45, 2.75) is 51.6 Å². The third kappa shape index (κ3) is 2.94. The topological polar surface area (TPSA) is 45.7 Å². The molecule has 5 fully saturated rings. The molecule has 2 aromatic rings. The molecule has 7 rings (SSSR count). The normalized spacial score (nSPS) is 35.7. The lowest BCUT2D eigenvalue weighted by Crippen LogP contribution is -2.60. The van der Waals surface area contributed by atoms with Crippen molar-refractivity contribution in [2.24, 2.45) is 23.7 Å². The van der Waals surface area contributed by atoms with Crippen LogP contribution >= 0.6 is 0 Å². The molecule has 4 saturated carbocycles. The number of aryl methyl sites for hydroxylation is 1. The van der Waals surface area contributed by atoms with Crippen molar-refractivity contribution in [1.29, 1.82) is 0 Å². The smallest absolute Gasteiger partial charge is 0.229 e. The van der Waals surface area contributed by atoms with Crippen molar-refractivity contribution >= 4 is 0 Å². The van der Waals surface area contributed by atoms with Gasteiger partial charge in [-0.3, -0.25) is 9.80 Å². The summed E-state index contributed by atoms with van der Waals surface area (Å²) < 4.78 is 11.0.